The quantitative estimate of drug-likeness (QED) is 0.386. The third-order valence-electron chi connectivity index (χ3n) is 4.30. The van der Waals surface area contributed by atoms with Gasteiger partial charge in [0.15, 0.2) is 0 Å². The summed E-state index contributed by atoms with van der Waals surface area (Å²) in [5.74, 6) is 0. The van der Waals surface area contributed by atoms with Crippen molar-refractivity contribution in [2.24, 2.45) is 0 Å². The van der Waals surface area contributed by atoms with Gasteiger partial charge in [0.25, 0.3) is 15.7 Å². The molecule has 7 heteroatoms. The average Bonchev–Trinajstić information content (AvgIpc) is 2.60. The number of nitro benzene ring substituents is 1. The molecule has 0 spiro atoms. The van der Waals surface area contributed by atoms with Crippen molar-refractivity contribution in [2.75, 3.05) is 4.72 Å². The molecule has 140 valence electrons. The number of unbranched alkanes of at least 4 members (excludes halogenated alkanes) is 3. The van der Waals surface area contributed by atoms with Crippen molar-refractivity contribution in [2.45, 2.75) is 50.8 Å². The Morgan fingerprint density at radius 2 is 1.73 bits per heavy atom. The van der Waals surface area contributed by atoms with Gasteiger partial charge in [0.1, 0.15) is 0 Å². The summed E-state index contributed by atoms with van der Waals surface area (Å²) in [5, 5.41) is 11.0. The van der Waals surface area contributed by atoms with Crippen molar-refractivity contribution in [3.05, 3.63) is 63.7 Å². The summed E-state index contributed by atoms with van der Waals surface area (Å²) >= 11 is 0. The lowest BCUT2D eigenvalue weighted by Crippen LogP contribution is -2.14. The first kappa shape index (κ1) is 19.9. The lowest BCUT2D eigenvalue weighted by molar-refractivity contribution is -0.385. The predicted molar refractivity (Wildman–Crippen MR) is 103 cm³/mol. The van der Waals surface area contributed by atoms with Crippen LogP contribution in [0.4, 0.5) is 11.4 Å². The van der Waals surface area contributed by atoms with Crippen LogP contribution >= 0.6 is 0 Å². The highest BCUT2D eigenvalue weighted by Crippen LogP contribution is 2.27. The summed E-state index contributed by atoms with van der Waals surface area (Å²) in [4.78, 5) is 10.6. The monoisotopic (exact) mass is 376 g/mol. The van der Waals surface area contributed by atoms with Crippen molar-refractivity contribution in [1.82, 2.24) is 0 Å². The van der Waals surface area contributed by atoms with Crippen LogP contribution < -0.4 is 4.72 Å². The average molecular weight is 376 g/mol. The van der Waals surface area contributed by atoms with Crippen LogP contribution in [0.5, 0.6) is 0 Å². The van der Waals surface area contributed by atoms with E-state index in [-0.39, 0.29) is 21.8 Å². The Kier molecular flexibility index (Phi) is 6.74. The Labute approximate surface area is 154 Å². The Morgan fingerprint density at radius 1 is 1.04 bits per heavy atom. The van der Waals surface area contributed by atoms with Crippen LogP contribution in [0, 0.1) is 17.0 Å². The molecule has 0 unspecified atom stereocenters. The summed E-state index contributed by atoms with van der Waals surface area (Å²) in [6.45, 7) is 3.69. The number of rotatable bonds is 9. The van der Waals surface area contributed by atoms with Gasteiger partial charge in [-0.05, 0) is 43.5 Å². The van der Waals surface area contributed by atoms with Crippen LogP contribution in [0.3, 0.4) is 0 Å². The maximum absolute atomic E-state index is 12.6. The summed E-state index contributed by atoms with van der Waals surface area (Å²) in [7, 11) is -3.80. The van der Waals surface area contributed by atoms with Gasteiger partial charge in [0, 0.05) is 6.07 Å². The Bertz CT molecular complexity index is 862. The topological polar surface area (TPSA) is 89.3 Å². The maximum atomic E-state index is 12.6. The second-order valence-electron chi connectivity index (χ2n) is 6.27. The lowest BCUT2D eigenvalue weighted by Gasteiger charge is -2.11. The number of anilines is 1. The van der Waals surface area contributed by atoms with E-state index in [0.29, 0.717) is 0 Å². The van der Waals surface area contributed by atoms with Crippen molar-refractivity contribution in [1.29, 1.82) is 0 Å². The van der Waals surface area contributed by atoms with E-state index in [1.54, 1.807) is 12.1 Å². The third kappa shape index (κ3) is 5.05. The second kappa shape index (κ2) is 8.80. The molecule has 0 heterocycles. The number of nitrogens with one attached hydrogen (secondary N) is 1. The second-order valence-corrected chi connectivity index (χ2v) is 7.95. The van der Waals surface area contributed by atoms with Crippen molar-refractivity contribution < 1.29 is 13.3 Å². The molecule has 2 aromatic carbocycles. The SMILES string of the molecule is CCCCCCc1ccc(S(=O)(=O)Nc2cccc([N+](=O)[O-])c2C)cc1. The minimum Gasteiger partial charge on any atom is -0.279 e. The van der Waals surface area contributed by atoms with E-state index in [4.69, 9.17) is 0 Å². The lowest BCUT2D eigenvalue weighted by atomic mass is 10.1. The van der Waals surface area contributed by atoms with E-state index in [1.807, 2.05) is 12.1 Å². The standard InChI is InChI=1S/C19H24N2O4S/c1-3-4-5-6-8-16-11-13-17(14-12-16)26(24,25)20-18-9-7-10-19(15(18)2)21(22)23/h7,9-14,20H,3-6,8H2,1-2H3. The van der Waals surface area contributed by atoms with Crippen LogP contribution in [0.1, 0.15) is 43.7 Å². The first-order valence-electron chi connectivity index (χ1n) is 8.71. The minimum absolute atomic E-state index is 0.118. The molecule has 0 bridgehead atoms. The molecular weight excluding hydrogens is 352 g/mol. The molecule has 0 saturated heterocycles. The largest absolute Gasteiger partial charge is 0.279 e. The van der Waals surface area contributed by atoms with Gasteiger partial charge in [0.2, 0.25) is 0 Å². The van der Waals surface area contributed by atoms with E-state index in [9.17, 15) is 18.5 Å². The Morgan fingerprint density at radius 3 is 2.35 bits per heavy atom. The normalized spacial score (nSPS) is 11.3. The molecule has 26 heavy (non-hydrogen) atoms. The summed E-state index contributed by atoms with van der Waals surface area (Å²) in [5.41, 5.74) is 1.48. The van der Waals surface area contributed by atoms with Gasteiger partial charge in [-0.25, -0.2) is 8.42 Å². The zero-order valence-corrected chi connectivity index (χ0v) is 15.9. The van der Waals surface area contributed by atoms with Gasteiger partial charge >= 0.3 is 0 Å². The summed E-state index contributed by atoms with van der Waals surface area (Å²) in [6.07, 6.45) is 5.58. The van der Waals surface area contributed by atoms with Crippen molar-refractivity contribution in [3.63, 3.8) is 0 Å². The van der Waals surface area contributed by atoms with Crippen molar-refractivity contribution in [3.8, 4) is 0 Å². The molecular formula is C19H24N2O4S. The zero-order chi connectivity index (χ0) is 19.2. The summed E-state index contributed by atoms with van der Waals surface area (Å²) < 4.78 is 27.6. The van der Waals surface area contributed by atoms with Crippen LogP contribution in [0.2, 0.25) is 0 Å². The Balaban J connectivity index is 2.13. The van der Waals surface area contributed by atoms with E-state index in [0.717, 1.165) is 18.4 Å². The van der Waals surface area contributed by atoms with Crippen LogP contribution in [-0.4, -0.2) is 13.3 Å². The number of hydrogen-bond acceptors (Lipinski definition) is 4. The van der Waals surface area contributed by atoms with Crippen LogP contribution in [0.25, 0.3) is 0 Å². The molecule has 0 fully saturated rings. The molecule has 0 aliphatic rings. The smallest absolute Gasteiger partial charge is 0.274 e. The number of nitro groups is 1. The number of benzene rings is 2. The molecule has 2 rings (SSSR count). The molecule has 0 aliphatic heterocycles. The third-order valence-corrected chi connectivity index (χ3v) is 5.68. The predicted octanol–water partition coefficient (Wildman–Crippen LogP) is 4.83. The molecule has 0 radical (unpaired) electrons. The van der Waals surface area contributed by atoms with Crippen LogP contribution in [-0.2, 0) is 16.4 Å². The first-order valence-corrected chi connectivity index (χ1v) is 10.2. The van der Waals surface area contributed by atoms with Gasteiger partial charge in [-0.15, -0.1) is 0 Å². The molecule has 1 N–H and O–H groups in total. The highest BCUT2D eigenvalue weighted by atomic mass is 32.2. The molecule has 0 amide bonds. The molecule has 0 saturated carbocycles. The van der Waals surface area contributed by atoms with Gasteiger partial charge in [-0.2, -0.15) is 0 Å². The number of sulfonamides is 1. The van der Waals surface area contributed by atoms with E-state index < -0.39 is 14.9 Å². The zero-order valence-electron chi connectivity index (χ0n) is 15.1. The van der Waals surface area contributed by atoms with Gasteiger partial charge in [0.05, 0.1) is 21.1 Å². The van der Waals surface area contributed by atoms with Crippen LogP contribution in [0.15, 0.2) is 47.4 Å². The fourth-order valence-electron chi connectivity index (χ4n) is 2.73. The minimum atomic E-state index is -3.80. The van der Waals surface area contributed by atoms with E-state index >= 15 is 0 Å². The molecule has 6 nitrogen and oxygen atoms in total. The number of nitrogens with zero attached hydrogens (tertiary/aromatic N) is 1. The summed E-state index contributed by atoms with van der Waals surface area (Å²) in [6, 6.07) is 11.1. The first-order chi connectivity index (χ1) is 12.3. The highest BCUT2D eigenvalue weighted by molar-refractivity contribution is 7.92. The number of aryl methyl sites for hydroxylation is 1. The maximum Gasteiger partial charge on any atom is 0.274 e. The highest BCUT2D eigenvalue weighted by Gasteiger charge is 2.19. The fraction of sp³-hybridized carbons (Fsp3) is 0.368. The molecule has 2 aromatic rings. The van der Waals surface area contributed by atoms with Gasteiger partial charge in [-0.1, -0.05) is 44.4 Å². The molecule has 0 aromatic heterocycles. The van der Waals surface area contributed by atoms with Gasteiger partial charge < -0.3 is 0 Å². The van der Waals surface area contributed by atoms with E-state index in [2.05, 4.69) is 11.6 Å². The van der Waals surface area contributed by atoms with E-state index in [1.165, 1.54) is 44.4 Å². The number of hydrogen-bond donors (Lipinski definition) is 1. The molecule has 0 atom stereocenters. The fourth-order valence-corrected chi connectivity index (χ4v) is 3.85. The van der Waals surface area contributed by atoms with Gasteiger partial charge in [-0.3, -0.25) is 14.8 Å². The molecule has 0 aliphatic carbocycles. The van der Waals surface area contributed by atoms with Crippen molar-refractivity contribution >= 4 is 21.4 Å². The Hall–Kier alpha value is -2.41.